The highest BCUT2D eigenvalue weighted by Crippen LogP contribution is 2.44. The molecule has 224 valence electrons. The van der Waals surface area contributed by atoms with Crippen molar-refractivity contribution in [2.75, 3.05) is 18.0 Å². The molecule has 2 heterocycles. The lowest BCUT2D eigenvalue weighted by atomic mass is 9.81. The van der Waals surface area contributed by atoms with E-state index < -0.39 is 17.7 Å². The number of carboxylic acid groups (broad SMARTS) is 1. The Morgan fingerprint density at radius 2 is 1.48 bits per heavy atom. The third kappa shape index (κ3) is 7.62. The molecule has 0 aliphatic carbocycles. The van der Waals surface area contributed by atoms with Crippen LogP contribution in [-0.4, -0.2) is 40.5 Å². The summed E-state index contributed by atoms with van der Waals surface area (Å²) in [4.78, 5) is 32.6. The topological polar surface area (TPSA) is 79.7 Å². The van der Waals surface area contributed by atoms with E-state index in [1.807, 2.05) is 58.9 Å². The van der Waals surface area contributed by atoms with Crippen molar-refractivity contribution in [2.45, 2.75) is 85.9 Å². The summed E-state index contributed by atoms with van der Waals surface area (Å²) in [6, 6.07) is 13.9. The molecule has 0 spiro atoms. The maximum atomic E-state index is 13.2. The van der Waals surface area contributed by atoms with E-state index in [4.69, 9.17) is 9.72 Å². The lowest BCUT2D eigenvalue weighted by Gasteiger charge is -2.41. The predicted octanol–water partition coefficient (Wildman–Crippen LogP) is 7.43. The van der Waals surface area contributed by atoms with Crippen LogP contribution < -0.4 is 4.90 Å². The number of carbonyl (C=O) groups excluding carboxylic acids is 1. The molecular weight excluding hydrogens is 531 g/mol. The number of anilines is 1. The molecule has 1 aliphatic rings. The molecule has 0 saturated carbocycles. The Balaban J connectivity index is 1.74. The molecule has 0 amide bonds. The summed E-state index contributed by atoms with van der Waals surface area (Å²) in [5.74, 6) is -1.32. The molecule has 3 aromatic rings. The maximum absolute atomic E-state index is 13.2. The number of Topliss-reactive ketones (excluding diaryl/α,β-unsaturated/α-hetero) is 1. The standard InChI is InChI=1S/C35H43FN2O4/c1-22-29(26-12-8-24(9-13-26)20-28(39)21-25-10-14-27(36)15-11-25)31(38-18-16-35(6,7)17-19-38)30(23(2)37-22)32(33(40)41)42-34(3,4)5/h8-15,32H,16-21H2,1-7H3,(H,40,41)/t32-/m0/s1. The average molecular weight is 575 g/mol. The van der Waals surface area contributed by atoms with E-state index in [2.05, 4.69) is 18.7 Å². The highest BCUT2D eigenvalue weighted by molar-refractivity contribution is 5.88. The molecule has 0 unspecified atom stereocenters. The molecule has 4 rings (SSSR count). The monoisotopic (exact) mass is 574 g/mol. The van der Waals surface area contributed by atoms with Gasteiger partial charge in [-0.15, -0.1) is 0 Å². The number of piperidine rings is 1. The van der Waals surface area contributed by atoms with Crippen LogP contribution in [0, 0.1) is 25.1 Å². The number of halogens is 1. The van der Waals surface area contributed by atoms with Gasteiger partial charge < -0.3 is 14.7 Å². The number of aliphatic carboxylic acids is 1. The molecule has 1 fully saturated rings. The smallest absolute Gasteiger partial charge is 0.337 e. The SMILES string of the molecule is Cc1nc(C)c([C@H](OC(C)(C)C)C(=O)O)c(N2CCC(C)(C)CC2)c1-c1ccc(CC(=O)Cc2ccc(F)cc2)cc1. The van der Waals surface area contributed by atoms with E-state index in [-0.39, 0.29) is 29.9 Å². The molecule has 7 heteroatoms. The van der Waals surface area contributed by atoms with Crippen molar-refractivity contribution >= 4 is 17.4 Å². The van der Waals surface area contributed by atoms with Crippen LogP contribution in [0.1, 0.15) is 81.6 Å². The highest BCUT2D eigenvalue weighted by Gasteiger charge is 2.36. The minimum atomic E-state index is -1.18. The van der Waals surface area contributed by atoms with Crippen LogP contribution >= 0.6 is 0 Å². The Morgan fingerprint density at radius 1 is 0.952 bits per heavy atom. The fourth-order valence-electron chi connectivity index (χ4n) is 5.66. The summed E-state index contributed by atoms with van der Waals surface area (Å²) < 4.78 is 19.4. The summed E-state index contributed by atoms with van der Waals surface area (Å²) in [6.45, 7) is 15.6. The van der Waals surface area contributed by atoms with Crippen molar-refractivity contribution in [3.63, 3.8) is 0 Å². The fraction of sp³-hybridized carbons (Fsp3) is 0.457. The van der Waals surface area contributed by atoms with Crippen LogP contribution in [0.4, 0.5) is 10.1 Å². The average Bonchev–Trinajstić information content (AvgIpc) is 2.89. The van der Waals surface area contributed by atoms with Crippen molar-refractivity contribution in [3.05, 3.63) is 82.4 Å². The van der Waals surface area contributed by atoms with Crippen LogP contribution in [0.3, 0.4) is 0 Å². The van der Waals surface area contributed by atoms with Crippen LogP contribution in [0.2, 0.25) is 0 Å². The van der Waals surface area contributed by atoms with Crippen molar-refractivity contribution in [2.24, 2.45) is 5.41 Å². The van der Waals surface area contributed by atoms with Crippen LogP contribution in [0.25, 0.3) is 11.1 Å². The van der Waals surface area contributed by atoms with Gasteiger partial charge in [0.15, 0.2) is 6.10 Å². The second kappa shape index (κ2) is 12.3. The first-order valence-corrected chi connectivity index (χ1v) is 14.7. The van der Waals surface area contributed by atoms with Gasteiger partial charge in [-0.1, -0.05) is 50.2 Å². The summed E-state index contributed by atoms with van der Waals surface area (Å²) >= 11 is 0. The summed E-state index contributed by atoms with van der Waals surface area (Å²) in [5, 5.41) is 10.4. The minimum absolute atomic E-state index is 0.0464. The number of carbonyl (C=O) groups is 2. The molecule has 1 saturated heterocycles. The molecule has 1 N–H and O–H groups in total. The van der Waals surface area contributed by atoms with Gasteiger partial charge in [0.1, 0.15) is 11.6 Å². The van der Waals surface area contributed by atoms with Crippen molar-refractivity contribution < 1.29 is 23.8 Å². The Kier molecular flexibility index (Phi) is 9.21. The number of ether oxygens (including phenoxy) is 1. The van der Waals surface area contributed by atoms with E-state index in [1.165, 1.54) is 12.1 Å². The van der Waals surface area contributed by atoms with Gasteiger partial charge in [-0.25, -0.2) is 9.18 Å². The van der Waals surface area contributed by atoms with Crippen LogP contribution in [-0.2, 0) is 27.2 Å². The minimum Gasteiger partial charge on any atom is -0.479 e. The first-order chi connectivity index (χ1) is 19.6. The molecule has 0 bridgehead atoms. The third-order valence-corrected chi connectivity index (χ3v) is 7.93. The fourth-order valence-corrected chi connectivity index (χ4v) is 5.66. The highest BCUT2D eigenvalue weighted by atomic mass is 19.1. The molecular formula is C35H43FN2O4. The number of aryl methyl sites for hydroxylation is 2. The Hall–Kier alpha value is -3.58. The Morgan fingerprint density at radius 3 is 1.98 bits per heavy atom. The number of carboxylic acids is 1. The Bertz CT molecular complexity index is 1430. The van der Waals surface area contributed by atoms with Gasteiger partial charge in [-0.05, 0) is 81.7 Å². The molecule has 6 nitrogen and oxygen atoms in total. The second-order valence-corrected chi connectivity index (χ2v) is 13.2. The van der Waals surface area contributed by atoms with Crippen LogP contribution in [0.5, 0.6) is 0 Å². The van der Waals surface area contributed by atoms with Crippen LogP contribution in [0.15, 0.2) is 48.5 Å². The van der Waals surface area contributed by atoms with E-state index >= 15 is 0 Å². The van der Waals surface area contributed by atoms with Crippen molar-refractivity contribution in [1.29, 1.82) is 0 Å². The zero-order chi connectivity index (χ0) is 30.8. The normalized spacial score (nSPS) is 15.9. The van der Waals surface area contributed by atoms with Gasteiger partial charge in [-0.3, -0.25) is 9.78 Å². The zero-order valence-corrected chi connectivity index (χ0v) is 25.9. The van der Waals surface area contributed by atoms with Gasteiger partial charge in [0.25, 0.3) is 0 Å². The molecule has 2 aromatic carbocycles. The van der Waals surface area contributed by atoms with Gasteiger partial charge >= 0.3 is 5.97 Å². The molecule has 0 radical (unpaired) electrons. The quantitative estimate of drug-likeness (QED) is 0.286. The largest absolute Gasteiger partial charge is 0.479 e. The predicted molar refractivity (Wildman–Crippen MR) is 164 cm³/mol. The van der Waals surface area contributed by atoms with Gasteiger partial charge in [0.2, 0.25) is 0 Å². The van der Waals surface area contributed by atoms with E-state index in [0.29, 0.717) is 11.3 Å². The third-order valence-electron chi connectivity index (χ3n) is 7.93. The Labute approximate surface area is 248 Å². The number of rotatable bonds is 9. The lowest BCUT2D eigenvalue weighted by Crippen LogP contribution is -2.39. The number of hydrogen-bond acceptors (Lipinski definition) is 5. The summed E-state index contributed by atoms with van der Waals surface area (Å²) in [6.07, 6.45) is 1.30. The number of hydrogen-bond donors (Lipinski definition) is 1. The molecule has 1 atom stereocenters. The number of nitrogens with zero attached hydrogens (tertiary/aromatic N) is 2. The summed E-state index contributed by atoms with van der Waals surface area (Å²) in [7, 11) is 0. The number of ketones is 1. The first-order valence-electron chi connectivity index (χ1n) is 14.7. The maximum Gasteiger partial charge on any atom is 0.337 e. The van der Waals surface area contributed by atoms with Crippen molar-refractivity contribution in [3.8, 4) is 11.1 Å². The summed E-state index contributed by atoms with van der Waals surface area (Å²) in [5.41, 5.74) is 5.93. The van der Waals surface area contributed by atoms with Gasteiger partial charge in [0.05, 0.1) is 11.3 Å². The lowest BCUT2D eigenvalue weighted by molar-refractivity contribution is -0.160. The number of aromatic nitrogens is 1. The van der Waals surface area contributed by atoms with Gasteiger partial charge in [-0.2, -0.15) is 0 Å². The number of pyridine rings is 1. The molecule has 1 aliphatic heterocycles. The van der Waals surface area contributed by atoms with E-state index in [1.54, 1.807) is 12.1 Å². The first kappa shape index (κ1) is 31.4. The van der Waals surface area contributed by atoms with E-state index in [0.717, 1.165) is 59.6 Å². The molecule has 42 heavy (non-hydrogen) atoms. The molecule has 1 aromatic heterocycles. The zero-order valence-electron chi connectivity index (χ0n) is 25.9. The van der Waals surface area contributed by atoms with E-state index in [9.17, 15) is 19.1 Å². The van der Waals surface area contributed by atoms with Gasteiger partial charge in [0, 0.05) is 48.4 Å². The second-order valence-electron chi connectivity index (χ2n) is 13.2. The van der Waals surface area contributed by atoms with Crippen molar-refractivity contribution in [1.82, 2.24) is 4.98 Å². The number of benzene rings is 2.